The summed E-state index contributed by atoms with van der Waals surface area (Å²) < 4.78 is 18.8. The van der Waals surface area contributed by atoms with Gasteiger partial charge in [0.2, 0.25) is 0 Å². The molecule has 1 aromatic rings. The minimum atomic E-state index is -0.508. The van der Waals surface area contributed by atoms with Gasteiger partial charge in [0.15, 0.2) is 0 Å². The Balaban J connectivity index is 2.06. The van der Waals surface area contributed by atoms with Gasteiger partial charge in [0.25, 0.3) is 0 Å². The van der Waals surface area contributed by atoms with Crippen LogP contribution >= 0.6 is 11.6 Å². The number of carbonyl (C=O) groups is 1. The van der Waals surface area contributed by atoms with E-state index in [0.717, 1.165) is 18.4 Å². The van der Waals surface area contributed by atoms with Crippen molar-refractivity contribution in [3.63, 3.8) is 0 Å². The van der Waals surface area contributed by atoms with Crippen LogP contribution in [0.15, 0.2) is 18.2 Å². The van der Waals surface area contributed by atoms with E-state index in [-0.39, 0.29) is 18.0 Å². The van der Waals surface area contributed by atoms with Crippen molar-refractivity contribution in [2.24, 2.45) is 0 Å². The zero-order chi connectivity index (χ0) is 15.6. The van der Waals surface area contributed by atoms with E-state index in [9.17, 15) is 9.18 Å². The summed E-state index contributed by atoms with van der Waals surface area (Å²) in [6.45, 7) is 6.23. The van der Waals surface area contributed by atoms with Gasteiger partial charge in [0.05, 0.1) is 0 Å². The maximum atomic E-state index is 13.4. The highest BCUT2D eigenvalue weighted by molar-refractivity contribution is 6.30. The van der Waals surface area contributed by atoms with Crippen LogP contribution in [-0.2, 0) is 11.2 Å². The van der Waals surface area contributed by atoms with Gasteiger partial charge >= 0.3 is 6.09 Å². The molecule has 1 fully saturated rings. The number of rotatable bonds is 2. The van der Waals surface area contributed by atoms with Crippen molar-refractivity contribution >= 4 is 17.7 Å². The zero-order valence-corrected chi connectivity index (χ0v) is 13.4. The SMILES string of the molecule is CC(C)(C)OC(=O)N1CCC[C@H]1Cc1cc(F)cc(Cl)c1. The molecule has 0 radical (unpaired) electrons. The first-order chi connectivity index (χ1) is 9.74. The summed E-state index contributed by atoms with van der Waals surface area (Å²) in [6, 6.07) is 4.54. The second kappa shape index (κ2) is 6.22. The number of likely N-dealkylation sites (tertiary alicyclic amines) is 1. The molecule has 0 unspecified atom stereocenters. The van der Waals surface area contributed by atoms with Gasteiger partial charge < -0.3 is 9.64 Å². The lowest BCUT2D eigenvalue weighted by molar-refractivity contribution is 0.0227. The van der Waals surface area contributed by atoms with Gasteiger partial charge in [-0.15, -0.1) is 0 Å². The number of ether oxygens (including phenoxy) is 1. The maximum Gasteiger partial charge on any atom is 0.410 e. The van der Waals surface area contributed by atoms with Gasteiger partial charge in [-0.3, -0.25) is 0 Å². The van der Waals surface area contributed by atoms with E-state index >= 15 is 0 Å². The normalized spacial score (nSPS) is 18.9. The van der Waals surface area contributed by atoms with Crippen molar-refractivity contribution < 1.29 is 13.9 Å². The first-order valence-electron chi connectivity index (χ1n) is 7.19. The summed E-state index contributed by atoms with van der Waals surface area (Å²) in [5, 5.41) is 0.381. The number of amides is 1. The predicted octanol–water partition coefficient (Wildman–Crippen LogP) is 4.42. The van der Waals surface area contributed by atoms with Gasteiger partial charge in [-0.05, 0) is 63.8 Å². The van der Waals surface area contributed by atoms with E-state index < -0.39 is 5.60 Å². The monoisotopic (exact) mass is 313 g/mol. The highest BCUT2D eigenvalue weighted by Crippen LogP contribution is 2.25. The van der Waals surface area contributed by atoms with Crippen LogP contribution in [0.4, 0.5) is 9.18 Å². The molecule has 0 aliphatic carbocycles. The molecule has 0 bridgehead atoms. The smallest absolute Gasteiger partial charge is 0.410 e. The molecule has 1 saturated heterocycles. The third-order valence-corrected chi connectivity index (χ3v) is 3.62. The molecule has 1 aliphatic rings. The summed E-state index contributed by atoms with van der Waals surface area (Å²) in [4.78, 5) is 13.9. The van der Waals surface area contributed by atoms with E-state index in [4.69, 9.17) is 16.3 Å². The Morgan fingerprint density at radius 2 is 2.14 bits per heavy atom. The van der Waals surface area contributed by atoms with Crippen LogP contribution < -0.4 is 0 Å². The van der Waals surface area contributed by atoms with Crippen molar-refractivity contribution in [1.29, 1.82) is 0 Å². The number of nitrogens with zero attached hydrogens (tertiary/aromatic N) is 1. The fourth-order valence-corrected chi connectivity index (χ4v) is 2.85. The largest absolute Gasteiger partial charge is 0.444 e. The summed E-state index contributed by atoms with van der Waals surface area (Å²) in [7, 11) is 0. The summed E-state index contributed by atoms with van der Waals surface area (Å²) in [6.07, 6.45) is 2.13. The van der Waals surface area contributed by atoms with Crippen molar-refractivity contribution in [3.05, 3.63) is 34.6 Å². The van der Waals surface area contributed by atoms with E-state index in [1.807, 2.05) is 20.8 Å². The molecule has 21 heavy (non-hydrogen) atoms. The van der Waals surface area contributed by atoms with Crippen LogP contribution in [0.2, 0.25) is 5.02 Å². The first kappa shape index (κ1) is 16.1. The molecule has 3 nitrogen and oxygen atoms in total. The maximum absolute atomic E-state index is 13.4. The number of hydrogen-bond donors (Lipinski definition) is 0. The van der Waals surface area contributed by atoms with Crippen molar-refractivity contribution in [1.82, 2.24) is 4.90 Å². The van der Waals surface area contributed by atoms with Gasteiger partial charge in [-0.2, -0.15) is 0 Å². The molecule has 0 aromatic heterocycles. The second-order valence-corrected chi connectivity index (χ2v) is 6.89. The molecule has 0 saturated carbocycles. The van der Waals surface area contributed by atoms with E-state index in [0.29, 0.717) is 18.0 Å². The van der Waals surface area contributed by atoms with Crippen LogP contribution in [0.3, 0.4) is 0 Å². The van der Waals surface area contributed by atoms with E-state index in [2.05, 4.69) is 0 Å². The molecule has 1 heterocycles. The topological polar surface area (TPSA) is 29.5 Å². The Morgan fingerprint density at radius 1 is 1.43 bits per heavy atom. The van der Waals surface area contributed by atoms with Crippen LogP contribution in [0.1, 0.15) is 39.2 Å². The van der Waals surface area contributed by atoms with E-state index in [1.165, 1.54) is 12.1 Å². The van der Waals surface area contributed by atoms with Crippen molar-refractivity contribution in [2.75, 3.05) is 6.54 Å². The molecule has 0 spiro atoms. The summed E-state index contributed by atoms with van der Waals surface area (Å²) >= 11 is 5.88. The highest BCUT2D eigenvalue weighted by Gasteiger charge is 2.32. The first-order valence-corrected chi connectivity index (χ1v) is 7.57. The zero-order valence-electron chi connectivity index (χ0n) is 12.7. The second-order valence-electron chi connectivity index (χ2n) is 6.45. The molecule has 1 amide bonds. The Bertz CT molecular complexity index is 507. The lowest BCUT2D eigenvalue weighted by Crippen LogP contribution is -2.40. The van der Waals surface area contributed by atoms with Gasteiger partial charge in [0, 0.05) is 17.6 Å². The van der Waals surface area contributed by atoms with Crippen LogP contribution in [0.25, 0.3) is 0 Å². The molecule has 1 aliphatic heterocycles. The Morgan fingerprint density at radius 3 is 2.76 bits per heavy atom. The lowest BCUT2D eigenvalue weighted by atomic mass is 10.0. The van der Waals surface area contributed by atoms with Crippen LogP contribution in [-0.4, -0.2) is 29.2 Å². The summed E-state index contributed by atoms with van der Waals surface area (Å²) in [5.41, 5.74) is 0.298. The average molecular weight is 314 g/mol. The molecule has 116 valence electrons. The Hall–Kier alpha value is -1.29. The number of carbonyl (C=O) groups excluding carboxylic acids is 1. The third kappa shape index (κ3) is 4.60. The number of hydrogen-bond acceptors (Lipinski definition) is 2. The van der Waals surface area contributed by atoms with Gasteiger partial charge in [0.1, 0.15) is 11.4 Å². The van der Waals surface area contributed by atoms with Crippen molar-refractivity contribution in [2.45, 2.75) is 51.7 Å². The fourth-order valence-electron chi connectivity index (χ4n) is 2.61. The molecule has 5 heteroatoms. The molecule has 1 atom stereocenters. The Labute approximate surface area is 130 Å². The fraction of sp³-hybridized carbons (Fsp3) is 0.562. The number of halogens is 2. The lowest BCUT2D eigenvalue weighted by Gasteiger charge is -2.28. The van der Waals surface area contributed by atoms with Crippen molar-refractivity contribution in [3.8, 4) is 0 Å². The molecule has 0 N–H and O–H groups in total. The molecular formula is C16H21ClFNO2. The minimum absolute atomic E-state index is 0.0396. The molecule has 2 rings (SSSR count). The minimum Gasteiger partial charge on any atom is -0.444 e. The number of benzene rings is 1. The predicted molar refractivity (Wildman–Crippen MR) is 81.1 cm³/mol. The summed E-state index contributed by atoms with van der Waals surface area (Å²) in [5.74, 6) is -0.348. The molecule has 1 aromatic carbocycles. The van der Waals surface area contributed by atoms with Gasteiger partial charge in [-0.25, -0.2) is 9.18 Å². The van der Waals surface area contributed by atoms with Crippen LogP contribution in [0.5, 0.6) is 0 Å². The molecular weight excluding hydrogens is 293 g/mol. The Kier molecular flexibility index (Phi) is 4.77. The van der Waals surface area contributed by atoms with E-state index in [1.54, 1.807) is 11.0 Å². The average Bonchev–Trinajstić information content (AvgIpc) is 2.73. The van der Waals surface area contributed by atoms with Gasteiger partial charge in [-0.1, -0.05) is 11.6 Å². The third-order valence-electron chi connectivity index (χ3n) is 3.40. The quantitative estimate of drug-likeness (QED) is 0.809. The highest BCUT2D eigenvalue weighted by atomic mass is 35.5. The van der Waals surface area contributed by atoms with Crippen LogP contribution in [0, 0.1) is 5.82 Å². The standard InChI is InChI=1S/C16H21ClFNO2/c1-16(2,3)21-15(20)19-6-4-5-14(19)9-11-7-12(17)10-13(18)8-11/h7-8,10,14H,4-6,9H2,1-3H3/t14-/m0/s1.